The van der Waals surface area contributed by atoms with Gasteiger partial charge >= 0.3 is 5.97 Å². The average molecular weight is 643 g/mol. The van der Waals surface area contributed by atoms with Gasteiger partial charge in [0.05, 0.1) is 22.6 Å². The molecule has 0 aromatic carbocycles. The second kappa shape index (κ2) is 10.7. The molecule has 0 amide bonds. The number of hydrogen-bond donors (Lipinski definition) is 0. The lowest BCUT2D eigenvalue weighted by molar-refractivity contribution is -0.177. The Labute approximate surface area is 272 Å². The zero-order chi connectivity index (χ0) is 31.9. The second-order valence-corrected chi connectivity index (χ2v) is 18.3. The number of halogens is 1. The van der Waals surface area contributed by atoms with Crippen LogP contribution < -0.4 is 0 Å². The zero-order valence-electron chi connectivity index (χ0n) is 28.0. The van der Waals surface area contributed by atoms with Gasteiger partial charge in [0.15, 0.2) is 16.9 Å². The molecule has 0 unspecified atom stereocenters. The van der Waals surface area contributed by atoms with Crippen molar-refractivity contribution in [1.29, 1.82) is 0 Å². The molecule has 4 saturated carbocycles. The van der Waals surface area contributed by atoms with Gasteiger partial charge in [-0.3, -0.25) is 9.59 Å². The fraction of sp³-hybridized carbons (Fsp3) is 0.778. The van der Waals surface area contributed by atoms with Crippen molar-refractivity contribution >= 4 is 40.4 Å². The third-order valence-corrected chi connectivity index (χ3v) is 15.1. The van der Waals surface area contributed by atoms with Crippen molar-refractivity contribution in [3.63, 3.8) is 0 Å². The van der Waals surface area contributed by atoms with Crippen LogP contribution in [0.1, 0.15) is 118 Å². The summed E-state index contributed by atoms with van der Waals surface area (Å²) in [6.45, 7) is 19.1. The first-order valence-corrected chi connectivity index (χ1v) is 18.0. The molecule has 6 rings (SSSR count). The maximum absolute atomic E-state index is 14.7. The largest absolute Gasteiger partial charge is 0.466 e. The van der Waals surface area contributed by atoms with Gasteiger partial charge in [0, 0.05) is 17.5 Å². The number of oxime groups is 1. The molecule has 0 bridgehead atoms. The summed E-state index contributed by atoms with van der Waals surface area (Å²) in [7, 11) is 0. The van der Waals surface area contributed by atoms with Crippen LogP contribution in [0.25, 0.3) is 0 Å². The molecule has 0 spiro atoms. The molecule has 1 aromatic rings. The topological polar surface area (TPSA) is 77.9 Å². The van der Waals surface area contributed by atoms with Gasteiger partial charge in [0.25, 0.3) is 0 Å². The summed E-state index contributed by atoms with van der Waals surface area (Å²) in [4.78, 5) is 38.8. The van der Waals surface area contributed by atoms with E-state index in [0.29, 0.717) is 29.4 Å². The number of ether oxygens (including phenoxy) is 1. The lowest BCUT2D eigenvalue weighted by Gasteiger charge is -2.70. The predicted octanol–water partition coefficient (Wildman–Crippen LogP) is 9.21. The number of esters is 1. The molecule has 1 aromatic heterocycles. The molecule has 0 radical (unpaired) electrons. The van der Waals surface area contributed by atoms with Gasteiger partial charge in [0.1, 0.15) is 0 Å². The molecule has 8 heteroatoms. The second-order valence-electron chi connectivity index (χ2n) is 16.6. The SMILES string of the molecule is CCOC(=O)[C@@]1(C)CC[C@]2(C)CC[C@]3(C)C(=CC(=O)[C@@H]4[C@@]5(C)CC/C(=N\OCc6cnc(Cl)s6)C(C)(C)[C@@H]5CC[C@]43C)[C@@H]2C1. The van der Waals surface area contributed by atoms with Crippen molar-refractivity contribution < 1.29 is 19.2 Å². The van der Waals surface area contributed by atoms with Crippen LogP contribution in [0.5, 0.6) is 0 Å². The molecule has 0 saturated heterocycles. The Morgan fingerprint density at radius 3 is 2.48 bits per heavy atom. The van der Waals surface area contributed by atoms with Crippen LogP contribution in [0, 0.1) is 50.2 Å². The normalized spacial score (nSPS) is 43.7. The lowest BCUT2D eigenvalue weighted by Crippen LogP contribution is -2.66. The van der Waals surface area contributed by atoms with Gasteiger partial charge in [-0.1, -0.05) is 63.9 Å². The van der Waals surface area contributed by atoms with E-state index in [4.69, 9.17) is 26.3 Å². The van der Waals surface area contributed by atoms with Crippen molar-refractivity contribution in [2.75, 3.05) is 6.61 Å². The number of ketones is 1. The van der Waals surface area contributed by atoms with E-state index in [1.165, 1.54) is 16.9 Å². The number of carbonyl (C=O) groups excluding carboxylic acids is 2. The fourth-order valence-electron chi connectivity index (χ4n) is 11.2. The minimum Gasteiger partial charge on any atom is -0.466 e. The van der Waals surface area contributed by atoms with Crippen molar-refractivity contribution in [2.45, 2.75) is 120 Å². The maximum atomic E-state index is 14.7. The average Bonchev–Trinajstić information content (AvgIpc) is 3.36. The molecular weight excluding hydrogens is 592 g/mol. The summed E-state index contributed by atoms with van der Waals surface area (Å²) < 4.78 is 6.09. The molecule has 6 nitrogen and oxygen atoms in total. The quantitative estimate of drug-likeness (QED) is 0.236. The highest BCUT2D eigenvalue weighted by Crippen LogP contribution is 2.75. The van der Waals surface area contributed by atoms with Crippen molar-refractivity contribution in [3.05, 3.63) is 27.2 Å². The van der Waals surface area contributed by atoms with E-state index in [9.17, 15) is 9.59 Å². The Morgan fingerprint density at radius 2 is 1.80 bits per heavy atom. The number of aromatic nitrogens is 1. The van der Waals surface area contributed by atoms with Crippen LogP contribution in [0.3, 0.4) is 0 Å². The van der Waals surface area contributed by atoms with Crippen LogP contribution in [-0.4, -0.2) is 29.1 Å². The lowest BCUT2D eigenvalue weighted by atomic mass is 9.33. The first-order valence-electron chi connectivity index (χ1n) is 16.8. The summed E-state index contributed by atoms with van der Waals surface area (Å²) in [5.74, 6) is 0.766. The summed E-state index contributed by atoms with van der Waals surface area (Å²) in [5.41, 5.74) is 1.53. The third-order valence-electron chi connectivity index (χ3n) is 14.0. The molecule has 44 heavy (non-hydrogen) atoms. The molecule has 8 atom stereocenters. The number of nitrogens with zero attached hydrogens (tertiary/aromatic N) is 2. The molecule has 0 N–H and O–H groups in total. The smallest absolute Gasteiger partial charge is 0.311 e. The van der Waals surface area contributed by atoms with E-state index in [1.54, 1.807) is 6.20 Å². The van der Waals surface area contributed by atoms with Crippen LogP contribution in [-0.2, 0) is 25.8 Å². The van der Waals surface area contributed by atoms with Gasteiger partial charge in [-0.15, -0.1) is 11.3 Å². The molecule has 5 aliphatic rings. The molecule has 1 heterocycles. The Hall–Kier alpha value is -1.73. The van der Waals surface area contributed by atoms with Gasteiger partial charge < -0.3 is 9.57 Å². The fourth-order valence-corrected chi connectivity index (χ4v) is 12.1. The molecule has 242 valence electrons. The number of carbonyl (C=O) groups is 2. The number of thiazole rings is 1. The van der Waals surface area contributed by atoms with E-state index < -0.39 is 5.41 Å². The van der Waals surface area contributed by atoms with Crippen molar-refractivity contribution in [3.8, 4) is 0 Å². The highest BCUT2D eigenvalue weighted by atomic mass is 35.5. The molecule has 0 aliphatic heterocycles. The molecular formula is C36H51ClN2O4S. The minimum atomic E-state index is -0.499. The zero-order valence-corrected chi connectivity index (χ0v) is 29.6. The summed E-state index contributed by atoms with van der Waals surface area (Å²) in [6.07, 6.45) is 12.6. The number of rotatable bonds is 5. The number of allylic oxidation sites excluding steroid dienone is 2. The van der Waals surface area contributed by atoms with E-state index in [1.807, 2.05) is 6.92 Å². The Balaban J connectivity index is 1.32. The Kier molecular flexibility index (Phi) is 7.80. The first kappa shape index (κ1) is 32.2. The van der Waals surface area contributed by atoms with Gasteiger partial charge in [-0.05, 0) is 111 Å². The van der Waals surface area contributed by atoms with E-state index in [-0.39, 0.29) is 44.9 Å². The Bertz CT molecular complexity index is 1420. The number of hydrogen-bond acceptors (Lipinski definition) is 7. The highest BCUT2D eigenvalue weighted by molar-refractivity contribution is 7.15. The summed E-state index contributed by atoms with van der Waals surface area (Å²) in [5, 5.41) is 4.69. The van der Waals surface area contributed by atoms with E-state index >= 15 is 0 Å². The van der Waals surface area contributed by atoms with Crippen molar-refractivity contribution in [1.82, 2.24) is 4.98 Å². The van der Waals surface area contributed by atoms with Crippen molar-refractivity contribution in [2.24, 2.45) is 55.4 Å². The predicted molar refractivity (Wildman–Crippen MR) is 175 cm³/mol. The number of fused-ring (bicyclic) bond motifs is 7. The Morgan fingerprint density at radius 1 is 1.07 bits per heavy atom. The molecule has 4 fully saturated rings. The summed E-state index contributed by atoms with van der Waals surface area (Å²) in [6, 6.07) is 0. The van der Waals surface area contributed by atoms with Crippen LogP contribution >= 0.6 is 22.9 Å². The van der Waals surface area contributed by atoms with Crippen LogP contribution in [0.4, 0.5) is 0 Å². The van der Waals surface area contributed by atoms with Crippen LogP contribution in [0.15, 0.2) is 23.0 Å². The third kappa shape index (κ3) is 4.59. The van der Waals surface area contributed by atoms with Gasteiger partial charge in [0.2, 0.25) is 0 Å². The first-order chi connectivity index (χ1) is 20.5. The highest BCUT2D eigenvalue weighted by Gasteiger charge is 2.70. The van der Waals surface area contributed by atoms with Gasteiger partial charge in [-0.25, -0.2) is 4.98 Å². The molecule has 5 aliphatic carbocycles. The maximum Gasteiger partial charge on any atom is 0.311 e. The minimum absolute atomic E-state index is 0.0343. The van der Waals surface area contributed by atoms with Gasteiger partial charge in [-0.2, -0.15) is 0 Å². The standard InChI is InChI=1S/C36H51ClN2O4S/c1-9-42-29(41)33(5)15-14-32(4)16-17-35(7)23(24(32)19-33)18-25(40)28-34(6)12-11-27(39-43-21-22-20-38-30(37)44-22)31(2,3)26(34)10-13-36(28,35)8/h18,20,24,26,28H,9-17,19,21H2,1-8H3/b39-27+/t24-,26-,28+,32+,33-,34-,35+,36+/m0/s1. The summed E-state index contributed by atoms with van der Waals surface area (Å²) >= 11 is 7.42. The monoisotopic (exact) mass is 642 g/mol. The van der Waals surface area contributed by atoms with E-state index in [0.717, 1.165) is 68.4 Å². The van der Waals surface area contributed by atoms with Crippen LogP contribution in [0.2, 0.25) is 4.47 Å². The van der Waals surface area contributed by atoms with E-state index in [2.05, 4.69) is 59.5 Å².